The molecule has 2 aromatic rings. The Morgan fingerprint density at radius 1 is 1.38 bits per heavy atom. The van der Waals surface area contributed by atoms with Crippen molar-refractivity contribution in [3.63, 3.8) is 0 Å². The van der Waals surface area contributed by atoms with Crippen molar-refractivity contribution in [1.82, 2.24) is 15.2 Å². The van der Waals surface area contributed by atoms with E-state index in [1.165, 1.54) is 12.3 Å². The molecule has 0 aromatic carbocycles. The zero-order chi connectivity index (χ0) is 9.42. The number of hydrogen-bond acceptors (Lipinski definition) is 3. The third-order valence-corrected chi connectivity index (χ3v) is 1.87. The van der Waals surface area contributed by atoms with Gasteiger partial charge in [-0.1, -0.05) is 0 Å². The first kappa shape index (κ1) is 7.72. The van der Waals surface area contributed by atoms with Gasteiger partial charge in [0.25, 0.3) is 5.56 Å². The van der Waals surface area contributed by atoms with Crippen molar-refractivity contribution < 1.29 is 0 Å². The number of rotatable bonds is 0. The van der Waals surface area contributed by atoms with Crippen molar-refractivity contribution >= 4 is 10.9 Å². The molecule has 2 heterocycles. The second kappa shape index (κ2) is 2.55. The molecule has 0 aliphatic rings. The number of nitrogens with zero attached hydrogens (tertiary/aromatic N) is 1. The van der Waals surface area contributed by atoms with E-state index in [1.807, 2.05) is 0 Å². The summed E-state index contributed by atoms with van der Waals surface area (Å²) in [6.07, 6.45) is 1.44. The fraction of sp³-hybridized carbons (Fsp3) is 0.125. The van der Waals surface area contributed by atoms with E-state index in [1.54, 1.807) is 6.92 Å². The Morgan fingerprint density at radius 2 is 2.15 bits per heavy atom. The number of fused-ring (bicyclic) bond motifs is 1. The lowest BCUT2D eigenvalue weighted by molar-refractivity contribution is 0.962. The molecule has 5 nitrogen and oxygen atoms in total. The molecule has 0 aliphatic heterocycles. The van der Waals surface area contributed by atoms with Crippen molar-refractivity contribution in [2.45, 2.75) is 6.92 Å². The highest BCUT2D eigenvalue weighted by atomic mass is 16.1. The largest absolute Gasteiger partial charge is 0.356 e. The van der Waals surface area contributed by atoms with E-state index in [0.29, 0.717) is 11.1 Å². The standard InChI is InChI=1S/C8H7N3O2/c1-4-6-5(12)2-3-9-7(6)8(13)11-10-4/h2-3H,1H3,(H,9,12)(H,11,13). The van der Waals surface area contributed by atoms with Gasteiger partial charge in [0, 0.05) is 12.3 Å². The van der Waals surface area contributed by atoms with E-state index in [2.05, 4.69) is 15.2 Å². The van der Waals surface area contributed by atoms with Crippen LogP contribution >= 0.6 is 0 Å². The molecule has 66 valence electrons. The second-order valence-electron chi connectivity index (χ2n) is 2.73. The molecule has 0 bridgehead atoms. The normalized spacial score (nSPS) is 10.5. The van der Waals surface area contributed by atoms with Crippen LogP contribution in [-0.2, 0) is 0 Å². The molecular formula is C8H7N3O2. The van der Waals surface area contributed by atoms with E-state index in [4.69, 9.17) is 0 Å². The van der Waals surface area contributed by atoms with Crippen LogP contribution in [0.15, 0.2) is 21.9 Å². The van der Waals surface area contributed by atoms with Crippen LogP contribution in [0.1, 0.15) is 5.69 Å². The zero-order valence-corrected chi connectivity index (χ0v) is 6.92. The van der Waals surface area contributed by atoms with Gasteiger partial charge in [0.1, 0.15) is 5.52 Å². The third kappa shape index (κ3) is 1.05. The summed E-state index contributed by atoms with van der Waals surface area (Å²) >= 11 is 0. The second-order valence-corrected chi connectivity index (χ2v) is 2.73. The van der Waals surface area contributed by atoms with Gasteiger partial charge in [-0.05, 0) is 6.92 Å². The number of aromatic amines is 2. The Morgan fingerprint density at radius 3 is 2.85 bits per heavy atom. The van der Waals surface area contributed by atoms with Gasteiger partial charge >= 0.3 is 0 Å². The summed E-state index contributed by atoms with van der Waals surface area (Å²) in [5.74, 6) is 0. The molecule has 0 fully saturated rings. The molecule has 0 radical (unpaired) electrons. The molecule has 0 unspecified atom stereocenters. The fourth-order valence-electron chi connectivity index (χ4n) is 1.26. The summed E-state index contributed by atoms with van der Waals surface area (Å²) in [4.78, 5) is 25.3. The highest BCUT2D eigenvalue weighted by Gasteiger charge is 2.05. The van der Waals surface area contributed by atoms with Crippen LogP contribution in [0.5, 0.6) is 0 Å². The van der Waals surface area contributed by atoms with Crippen molar-refractivity contribution in [2.24, 2.45) is 0 Å². The van der Waals surface area contributed by atoms with Crippen LogP contribution < -0.4 is 11.0 Å². The molecular weight excluding hydrogens is 170 g/mol. The quantitative estimate of drug-likeness (QED) is 0.590. The Kier molecular flexibility index (Phi) is 1.51. The molecule has 2 N–H and O–H groups in total. The molecule has 0 amide bonds. The summed E-state index contributed by atoms with van der Waals surface area (Å²) in [5.41, 5.74) is 0.236. The molecule has 0 saturated carbocycles. The monoisotopic (exact) mass is 177 g/mol. The van der Waals surface area contributed by atoms with Gasteiger partial charge in [-0.2, -0.15) is 5.10 Å². The number of nitrogens with one attached hydrogen (secondary N) is 2. The van der Waals surface area contributed by atoms with Crippen LogP contribution in [0, 0.1) is 6.92 Å². The van der Waals surface area contributed by atoms with Crippen molar-refractivity contribution in [2.75, 3.05) is 0 Å². The third-order valence-electron chi connectivity index (χ3n) is 1.87. The summed E-state index contributed by atoms with van der Waals surface area (Å²) < 4.78 is 0. The summed E-state index contributed by atoms with van der Waals surface area (Å²) in [6.45, 7) is 1.67. The predicted octanol–water partition coefficient (Wildman–Crippen LogP) is -0.0802. The van der Waals surface area contributed by atoms with Crippen molar-refractivity contribution in [1.29, 1.82) is 0 Å². The average Bonchev–Trinajstić information content (AvgIpc) is 2.12. The van der Waals surface area contributed by atoms with Crippen LogP contribution in [-0.4, -0.2) is 15.2 Å². The van der Waals surface area contributed by atoms with E-state index < -0.39 is 0 Å². The number of aryl methyl sites for hydroxylation is 1. The van der Waals surface area contributed by atoms with E-state index in [0.717, 1.165) is 0 Å². The lowest BCUT2D eigenvalue weighted by atomic mass is 10.2. The highest BCUT2D eigenvalue weighted by molar-refractivity contribution is 5.78. The average molecular weight is 177 g/mol. The lowest BCUT2D eigenvalue weighted by Crippen LogP contribution is -2.16. The molecule has 0 aliphatic carbocycles. The molecule has 0 spiro atoms. The number of pyridine rings is 1. The number of aromatic nitrogens is 3. The van der Waals surface area contributed by atoms with E-state index in [9.17, 15) is 9.59 Å². The summed E-state index contributed by atoms with van der Waals surface area (Å²) in [7, 11) is 0. The van der Waals surface area contributed by atoms with Crippen molar-refractivity contribution in [3.05, 3.63) is 38.5 Å². The number of H-pyrrole nitrogens is 2. The van der Waals surface area contributed by atoms with E-state index >= 15 is 0 Å². The smallest absolute Gasteiger partial charge is 0.288 e. The van der Waals surface area contributed by atoms with Gasteiger partial charge in [0.05, 0.1) is 11.1 Å². The first-order valence-electron chi connectivity index (χ1n) is 3.77. The summed E-state index contributed by atoms with van der Waals surface area (Å²) in [5, 5.41) is 6.36. The molecule has 5 heteroatoms. The minimum atomic E-state index is -0.377. The molecule has 2 rings (SSSR count). The van der Waals surface area contributed by atoms with Gasteiger partial charge in [0.2, 0.25) is 0 Å². The lowest BCUT2D eigenvalue weighted by Gasteiger charge is -1.97. The Bertz CT molecular complexity index is 567. The molecule has 0 atom stereocenters. The van der Waals surface area contributed by atoms with Gasteiger partial charge in [-0.25, -0.2) is 5.10 Å². The van der Waals surface area contributed by atoms with Gasteiger partial charge < -0.3 is 4.98 Å². The van der Waals surface area contributed by atoms with Gasteiger partial charge in [-0.15, -0.1) is 0 Å². The first-order valence-corrected chi connectivity index (χ1v) is 3.77. The Labute approximate surface area is 72.4 Å². The van der Waals surface area contributed by atoms with Gasteiger partial charge in [0.15, 0.2) is 5.43 Å². The minimum absolute atomic E-state index is 0.190. The van der Waals surface area contributed by atoms with Crippen LogP contribution in [0.25, 0.3) is 10.9 Å². The zero-order valence-electron chi connectivity index (χ0n) is 6.92. The Balaban J connectivity index is 3.19. The Hall–Kier alpha value is -1.91. The first-order chi connectivity index (χ1) is 6.20. The maximum absolute atomic E-state index is 11.3. The number of hydrogen-bond donors (Lipinski definition) is 2. The van der Waals surface area contributed by atoms with Crippen molar-refractivity contribution in [3.8, 4) is 0 Å². The van der Waals surface area contributed by atoms with Gasteiger partial charge in [-0.3, -0.25) is 9.59 Å². The molecule has 13 heavy (non-hydrogen) atoms. The maximum Gasteiger partial charge on any atom is 0.288 e. The summed E-state index contributed by atoms with van der Waals surface area (Å²) in [6, 6.07) is 1.37. The molecule has 2 aromatic heterocycles. The maximum atomic E-state index is 11.3. The van der Waals surface area contributed by atoms with Crippen LogP contribution in [0.4, 0.5) is 0 Å². The highest BCUT2D eigenvalue weighted by Crippen LogP contribution is 2.01. The predicted molar refractivity (Wildman–Crippen MR) is 47.7 cm³/mol. The fourth-order valence-corrected chi connectivity index (χ4v) is 1.26. The van der Waals surface area contributed by atoms with Crippen LogP contribution in [0.2, 0.25) is 0 Å². The van der Waals surface area contributed by atoms with E-state index in [-0.39, 0.29) is 16.5 Å². The SMILES string of the molecule is Cc1n[nH]c(=O)c2[nH]ccc(=O)c12. The topological polar surface area (TPSA) is 78.6 Å². The molecule has 0 saturated heterocycles. The van der Waals surface area contributed by atoms with Crippen LogP contribution in [0.3, 0.4) is 0 Å². The minimum Gasteiger partial charge on any atom is -0.356 e.